The van der Waals surface area contributed by atoms with E-state index in [1.54, 1.807) is 6.20 Å². The average molecular weight is 256 g/mol. The lowest BCUT2D eigenvalue weighted by atomic mass is 10.2. The van der Waals surface area contributed by atoms with Gasteiger partial charge in [-0.2, -0.15) is 0 Å². The molecule has 1 aliphatic heterocycles. The fourth-order valence-electron chi connectivity index (χ4n) is 2.34. The van der Waals surface area contributed by atoms with Gasteiger partial charge in [-0.3, -0.25) is 9.78 Å². The highest BCUT2D eigenvalue weighted by Crippen LogP contribution is 2.11. The van der Waals surface area contributed by atoms with Crippen molar-refractivity contribution < 1.29 is 4.79 Å². The third-order valence-corrected chi connectivity index (χ3v) is 3.32. The van der Waals surface area contributed by atoms with Crippen LogP contribution >= 0.6 is 0 Å². The monoisotopic (exact) mass is 256 g/mol. The Labute approximate surface area is 111 Å². The van der Waals surface area contributed by atoms with Crippen LogP contribution in [-0.4, -0.2) is 46.5 Å². The molecule has 1 aliphatic rings. The van der Waals surface area contributed by atoms with Crippen molar-refractivity contribution in [3.05, 3.63) is 36.2 Å². The van der Waals surface area contributed by atoms with Gasteiger partial charge in [0.1, 0.15) is 5.69 Å². The number of piperazine rings is 1. The molecule has 1 aromatic carbocycles. The van der Waals surface area contributed by atoms with Crippen molar-refractivity contribution in [1.29, 1.82) is 0 Å². The Morgan fingerprint density at radius 3 is 2.95 bits per heavy atom. The molecule has 1 atom stereocenters. The van der Waals surface area contributed by atoms with Gasteiger partial charge >= 0.3 is 0 Å². The normalized spacial score (nSPS) is 19.6. The van der Waals surface area contributed by atoms with Crippen LogP contribution in [0.4, 0.5) is 0 Å². The summed E-state index contributed by atoms with van der Waals surface area (Å²) >= 11 is 0. The topological polar surface area (TPSA) is 58.1 Å². The smallest absolute Gasteiger partial charge is 0.274 e. The Kier molecular flexibility index (Phi) is 3.13. The summed E-state index contributed by atoms with van der Waals surface area (Å²) in [6.07, 6.45) is 1.57. The maximum atomic E-state index is 12.4. The summed E-state index contributed by atoms with van der Waals surface area (Å²) in [4.78, 5) is 22.9. The summed E-state index contributed by atoms with van der Waals surface area (Å²) in [5.74, 6) is -0.0356. The first kappa shape index (κ1) is 12.0. The Hall–Kier alpha value is -2.01. The third-order valence-electron chi connectivity index (χ3n) is 3.32. The zero-order valence-corrected chi connectivity index (χ0v) is 10.8. The van der Waals surface area contributed by atoms with Crippen molar-refractivity contribution in [1.82, 2.24) is 20.2 Å². The number of amides is 1. The van der Waals surface area contributed by atoms with Gasteiger partial charge < -0.3 is 10.2 Å². The number of fused-ring (bicyclic) bond motifs is 1. The summed E-state index contributed by atoms with van der Waals surface area (Å²) in [6, 6.07) is 7.91. The van der Waals surface area contributed by atoms with Gasteiger partial charge in [-0.25, -0.2) is 4.98 Å². The first-order valence-electron chi connectivity index (χ1n) is 6.48. The number of rotatable bonds is 1. The van der Waals surface area contributed by atoms with Crippen molar-refractivity contribution in [2.75, 3.05) is 19.6 Å². The van der Waals surface area contributed by atoms with Gasteiger partial charge in [-0.05, 0) is 19.1 Å². The molecule has 3 rings (SSSR count). The number of hydrogen-bond acceptors (Lipinski definition) is 4. The second kappa shape index (κ2) is 4.93. The molecule has 1 N–H and O–H groups in total. The van der Waals surface area contributed by atoms with Crippen molar-refractivity contribution in [3.63, 3.8) is 0 Å². The van der Waals surface area contributed by atoms with Gasteiger partial charge in [0.05, 0.1) is 17.2 Å². The molecule has 19 heavy (non-hydrogen) atoms. The van der Waals surface area contributed by atoms with E-state index in [4.69, 9.17) is 0 Å². The van der Waals surface area contributed by atoms with Crippen LogP contribution in [0.2, 0.25) is 0 Å². The minimum absolute atomic E-state index is 0.0356. The molecule has 98 valence electrons. The fraction of sp³-hybridized carbons (Fsp3) is 0.357. The minimum atomic E-state index is -0.0356. The van der Waals surface area contributed by atoms with Crippen LogP contribution in [0.5, 0.6) is 0 Å². The number of carbonyl (C=O) groups is 1. The maximum absolute atomic E-state index is 12.4. The van der Waals surface area contributed by atoms with Crippen molar-refractivity contribution in [2.45, 2.75) is 13.0 Å². The first-order chi connectivity index (χ1) is 9.24. The molecule has 0 bridgehead atoms. The second-order valence-corrected chi connectivity index (χ2v) is 4.85. The SMILES string of the molecule is C[C@H]1CN(C(=O)c2cnc3ccccc3n2)CCN1. The highest BCUT2D eigenvalue weighted by atomic mass is 16.2. The van der Waals surface area contributed by atoms with E-state index < -0.39 is 0 Å². The summed E-state index contributed by atoms with van der Waals surface area (Å²) in [5, 5.41) is 3.32. The van der Waals surface area contributed by atoms with Crippen LogP contribution in [0.15, 0.2) is 30.5 Å². The standard InChI is InChI=1S/C14H16N4O/c1-10-9-18(7-6-15-10)14(19)13-8-16-11-4-2-3-5-12(11)17-13/h2-5,8,10,15H,6-7,9H2,1H3/t10-/m0/s1. The predicted molar refractivity (Wildman–Crippen MR) is 72.9 cm³/mol. The van der Waals surface area contributed by atoms with E-state index in [0.29, 0.717) is 18.3 Å². The third kappa shape index (κ3) is 2.42. The fourth-order valence-corrected chi connectivity index (χ4v) is 2.34. The van der Waals surface area contributed by atoms with Gasteiger partial charge in [-0.15, -0.1) is 0 Å². The van der Waals surface area contributed by atoms with Crippen molar-refractivity contribution >= 4 is 16.9 Å². The van der Waals surface area contributed by atoms with E-state index in [-0.39, 0.29) is 5.91 Å². The number of aromatic nitrogens is 2. The van der Waals surface area contributed by atoms with Gasteiger partial charge in [0.25, 0.3) is 5.91 Å². The molecule has 0 unspecified atom stereocenters. The summed E-state index contributed by atoms with van der Waals surface area (Å²) in [5.41, 5.74) is 2.00. The van der Waals surface area contributed by atoms with E-state index in [1.165, 1.54) is 0 Å². The molecule has 1 saturated heterocycles. The maximum Gasteiger partial charge on any atom is 0.274 e. The Morgan fingerprint density at radius 2 is 2.16 bits per heavy atom. The van der Waals surface area contributed by atoms with E-state index >= 15 is 0 Å². The minimum Gasteiger partial charge on any atom is -0.334 e. The molecule has 1 aromatic heterocycles. The lowest BCUT2D eigenvalue weighted by molar-refractivity contribution is 0.0703. The first-order valence-corrected chi connectivity index (χ1v) is 6.48. The lowest BCUT2D eigenvalue weighted by Gasteiger charge is -2.31. The van der Waals surface area contributed by atoms with Gasteiger partial charge in [-0.1, -0.05) is 12.1 Å². The number of nitrogens with zero attached hydrogens (tertiary/aromatic N) is 3. The number of benzene rings is 1. The van der Waals surface area contributed by atoms with Crippen LogP contribution < -0.4 is 5.32 Å². The zero-order valence-electron chi connectivity index (χ0n) is 10.8. The average Bonchev–Trinajstić information content (AvgIpc) is 2.46. The number of nitrogens with one attached hydrogen (secondary N) is 1. The molecule has 0 spiro atoms. The van der Waals surface area contributed by atoms with Crippen LogP contribution in [0.1, 0.15) is 17.4 Å². The molecular weight excluding hydrogens is 240 g/mol. The van der Waals surface area contributed by atoms with Crippen molar-refractivity contribution in [2.24, 2.45) is 0 Å². The van der Waals surface area contributed by atoms with Gasteiger partial charge in [0.15, 0.2) is 0 Å². The second-order valence-electron chi connectivity index (χ2n) is 4.85. The van der Waals surface area contributed by atoms with Crippen LogP contribution in [0, 0.1) is 0 Å². The van der Waals surface area contributed by atoms with E-state index in [9.17, 15) is 4.79 Å². The van der Waals surface area contributed by atoms with Gasteiger partial charge in [0.2, 0.25) is 0 Å². The molecule has 5 nitrogen and oxygen atoms in total. The van der Waals surface area contributed by atoms with Crippen LogP contribution in [0.25, 0.3) is 11.0 Å². The van der Waals surface area contributed by atoms with Crippen LogP contribution in [0.3, 0.4) is 0 Å². The highest BCUT2D eigenvalue weighted by Gasteiger charge is 2.22. The quantitative estimate of drug-likeness (QED) is 0.829. The summed E-state index contributed by atoms with van der Waals surface area (Å²) in [6.45, 7) is 4.34. The highest BCUT2D eigenvalue weighted by molar-refractivity contribution is 5.93. The van der Waals surface area contributed by atoms with E-state index in [1.807, 2.05) is 29.2 Å². The summed E-state index contributed by atoms with van der Waals surface area (Å²) in [7, 11) is 0. The van der Waals surface area contributed by atoms with E-state index in [0.717, 1.165) is 24.1 Å². The Morgan fingerprint density at radius 1 is 1.37 bits per heavy atom. The van der Waals surface area contributed by atoms with Crippen molar-refractivity contribution in [3.8, 4) is 0 Å². The molecule has 2 aromatic rings. The molecule has 1 amide bonds. The van der Waals surface area contributed by atoms with Crippen LogP contribution in [-0.2, 0) is 0 Å². The molecular formula is C14H16N4O. The van der Waals surface area contributed by atoms with Gasteiger partial charge in [0, 0.05) is 25.7 Å². The number of para-hydroxylation sites is 2. The Bertz CT molecular complexity index is 613. The lowest BCUT2D eigenvalue weighted by Crippen LogP contribution is -2.51. The summed E-state index contributed by atoms with van der Waals surface area (Å²) < 4.78 is 0. The molecule has 1 fully saturated rings. The molecule has 0 saturated carbocycles. The predicted octanol–water partition coefficient (Wildman–Crippen LogP) is 1.06. The number of carbonyl (C=O) groups excluding carboxylic acids is 1. The molecule has 2 heterocycles. The number of hydrogen-bond donors (Lipinski definition) is 1. The molecule has 5 heteroatoms. The Balaban J connectivity index is 1.88. The molecule has 0 aliphatic carbocycles. The molecule has 0 radical (unpaired) electrons. The largest absolute Gasteiger partial charge is 0.334 e. The zero-order chi connectivity index (χ0) is 13.2. The van der Waals surface area contributed by atoms with E-state index in [2.05, 4.69) is 22.2 Å².